The van der Waals surface area contributed by atoms with Crippen LogP contribution in [0.4, 0.5) is 5.69 Å². The second kappa shape index (κ2) is 5.55. The molecule has 1 N–H and O–H groups in total. The molecule has 0 saturated carbocycles. The van der Waals surface area contributed by atoms with E-state index in [0.717, 1.165) is 12.8 Å². The van der Waals surface area contributed by atoms with Gasteiger partial charge < -0.3 is 14.6 Å². The normalized spacial score (nSPS) is 22.1. The monoisotopic (exact) mass is 295 g/mol. The molecule has 1 saturated heterocycles. The Bertz CT molecular complexity index is 595. The van der Waals surface area contributed by atoms with E-state index in [1.165, 1.54) is 28.8 Å². The van der Waals surface area contributed by atoms with Gasteiger partial charge in [-0.3, -0.25) is 14.9 Å². The summed E-state index contributed by atoms with van der Waals surface area (Å²) in [6.07, 6.45) is 2.72. The lowest BCUT2D eigenvalue weighted by molar-refractivity contribution is -0.384. The molecular formula is C13H17N3O5. The Morgan fingerprint density at radius 2 is 2.14 bits per heavy atom. The van der Waals surface area contributed by atoms with Crippen molar-refractivity contribution < 1.29 is 19.6 Å². The molecule has 21 heavy (non-hydrogen) atoms. The summed E-state index contributed by atoms with van der Waals surface area (Å²) in [7, 11) is 1.53. The minimum Gasteiger partial charge on any atom is -0.480 e. The minimum absolute atomic E-state index is 0.127. The maximum Gasteiger partial charge on any atom is 0.326 e. The highest BCUT2D eigenvalue weighted by molar-refractivity contribution is 5.96. The molecule has 1 aromatic rings. The number of nitro groups is 1. The van der Waals surface area contributed by atoms with E-state index in [2.05, 4.69) is 0 Å². The zero-order chi connectivity index (χ0) is 15.7. The van der Waals surface area contributed by atoms with Gasteiger partial charge in [-0.1, -0.05) is 6.92 Å². The quantitative estimate of drug-likeness (QED) is 0.667. The Morgan fingerprint density at radius 1 is 1.48 bits per heavy atom. The van der Waals surface area contributed by atoms with Gasteiger partial charge in [0.05, 0.1) is 11.1 Å². The fourth-order valence-corrected chi connectivity index (χ4v) is 2.80. The van der Waals surface area contributed by atoms with Crippen molar-refractivity contribution in [2.45, 2.75) is 25.8 Å². The maximum atomic E-state index is 12.5. The van der Waals surface area contributed by atoms with Crippen LogP contribution in [0.5, 0.6) is 0 Å². The Hall–Kier alpha value is -2.38. The molecule has 8 heteroatoms. The number of likely N-dealkylation sites (tertiary alicyclic amines) is 1. The number of aryl methyl sites for hydroxylation is 1. The molecule has 2 atom stereocenters. The highest BCUT2D eigenvalue weighted by Gasteiger charge is 2.38. The van der Waals surface area contributed by atoms with Crippen molar-refractivity contribution in [3.05, 3.63) is 28.1 Å². The first-order valence-electron chi connectivity index (χ1n) is 6.67. The topological polar surface area (TPSA) is 106 Å². The van der Waals surface area contributed by atoms with E-state index in [1.54, 1.807) is 6.92 Å². The Kier molecular flexibility index (Phi) is 3.97. The standard InChI is InChI=1S/C13H17N3O5/c1-8-4-3-5-15(11(8)13(18)19)12(17)10-6-9(16(20)21)7-14(10)2/h6-8,11H,3-5H2,1-2H3,(H,18,19). The summed E-state index contributed by atoms with van der Waals surface area (Å²) >= 11 is 0. The van der Waals surface area contributed by atoms with Gasteiger partial charge in [0.15, 0.2) is 0 Å². The van der Waals surface area contributed by atoms with Crippen LogP contribution in [0.2, 0.25) is 0 Å². The number of aromatic nitrogens is 1. The van der Waals surface area contributed by atoms with E-state index in [4.69, 9.17) is 0 Å². The number of carbonyl (C=O) groups excluding carboxylic acids is 1. The van der Waals surface area contributed by atoms with Gasteiger partial charge in [-0.25, -0.2) is 4.79 Å². The number of carboxylic acid groups (broad SMARTS) is 1. The smallest absolute Gasteiger partial charge is 0.326 e. The third kappa shape index (κ3) is 2.74. The second-order valence-electron chi connectivity index (χ2n) is 5.35. The zero-order valence-corrected chi connectivity index (χ0v) is 11.9. The molecule has 0 aromatic carbocycles. The van der Waals surface area contributed by atoms with Crippen LogP contribution in [0.15, 0.2) is 12.3 Å². The predicted molar refractivity (Wildman–Crippen MR) is 72.9 cm³/mol. The van der Waals surface area contributed by atoms with Gasteiger partial charge in [0.1, 0.15) is 11.7 Å². The molecule has 2 unspecified atom stereocenters. The SMILES string of the molecule is CC1CCCN(C(=O)c2cc([N+](=O)[O-])cn2C)C1C(=O)O. The summed E-state index contributed by atoms with van der Waals surface area (Å²) < 4.78 is 1.36. The highest BCUT2D eigenvalue weighted by Crippen LogP contribution is 2.26. The maximum absolute atomic E-state index is 12.5. The zero-order valence-electron chi connectivity index (χ0n) is 11.9. The van der Waals surface area contributed by atoms with Crippen LogP contribution in [-0.2, 0) is 11.8 Å². The van der Waals surface area contributed by atoms with Crippen LogP contribution in [0, 0.1) is 16.0 Å². The largest absolute Gasteiger partial charge is 0.480 e. The molecule has 1 aliphatic heterocycles. The molecule has 1 aromatic heterocycles. The number of aliphatic carboxylic acids is 1. The van der Waals surface area contributed by atoms with Crippen LogP contribution < -0.4 is 0 Å². The Morgan fingerprint density at radius 3 is 2.67 bits per heavy atom. The van der Waals surface area contributed by atoms with Crippen LogP contribution in [-0.4, -0.2) is 44.0 Å². The molecule has 2 rings (SSSR count). The fraction of sp³-hybridized carbons (Fsp3) is 0.538. The summed E-state index contributed by atoms with van der Waals surface area (Å²) in [6, 6.07) is 0.292. The van der Waals surface area contributed by atoms with Crippen LogP contribution >= 0.6 is 0 Å². The molecule has 0 radical (unpaired) electrons. The van der Waals surface area contributed by atoms with E-state index < -0.39 is 22.8 Å². The number of hydrogen-bond donors (Lipinski definition) is 1. The van der Waals surface area contributed by atoms with Gasteiger partial charge in [0.25, 0.3) is 11.6 Å². The molecule has 2 heterocycles. The number of piperidine rings is 1. The lowest BCUT2D eigenvalue weighted by Crippen LogP contribution is -2.52. The summed E-state index contributed by atoms with van der Waals surface area (Å²) in [5.41, 5.74) is -0.0557. The van der Waals surface area contributed by atoms with Crippen molar-refractivity contribution in [1.82, 2.24) is 9.47 Å². The van der Waals surface area contributed by atoms with Gasteiger partial charge in [0.2, 0.25) is 0 Å². The summed E-state index contributed by atoms with van der Waals surface area (Å²) in [5, 5.41) is 20.1. The molecular weight excluding hydrogens is 278 g/mol. The lowest BCUT2D eigenvalue weighted by Gasteiger charge is -2.37. The number of carbonyl (C=O) groups is 2. The number of carboxylic acids is 1. The van der Waals surface area contributed by atoms with Crippen molar-refractivity contribution in [2.75, 3.05) is 6.54 Å². The van der Waals surface area contributed by atoms with Crippen molar-refractivity contribution in [2.24, 2.45) is 13.0 Å². The number of nitrogens with zero attached hydrogens (tertiary/aromatic N) is 3. The first-order valence-corrected chi connectivity index (χ1v) is 6.67. The van der Waals surface area contributed by atoms with Gasteiger partial charge >= 0.3 is 5.97 Å². The van der Waals surface area contributed by atoms with E-state index in [0.29, 0.717) is 6.54 Å². The van der Waals surface area contributed by atoms with E-state index in [9.17, 15) is 24.8 Å². The molecule has 0 bridgehead atoms. The molecule has 0 spiro atoms. The predicted octanol–water partition coefficient (Wildman–Crippen LogP) is 1.26. The van der Waals surface area contributed by atoms with Crippen molar-refractivity contribution in [3.63, 3.8) is 0 Å². The van der Waals surface area contributed by atoms with Crippen molar-refractivity contribution >= 4 is 17.6 Å². The Labute approximate surface area is 121 Å². The van der Waals surface area contributed by atoms with Crippen molar-refractivity contribution in [3.8, 4) is 0 Å². The highest BCUT2D eigenvalue weighted by atomic mass is 16.6. The number of amides is 1. The number of hydrogen-bond acceptors (Lipinski definition) is 4. The third-order valence-corrected chi connectivity index (χ3v) is 3.87. The Balaban J connectivity index is 2.33. The van der Waals surface area contributed by atoms with Gasteiger partial charge in [-0.15, -0.1) is 0 Å². The van der Waals surface area contributed by atoms with E-state index in [1.807, 2.05) is 0 Å². The average molecular weight is 295 g/mol. The molecule has 1 aliphatic rings. The van der Waals surface area contributed by atoms with Crippen molar-refractivity contribution in [1.29, 1.82) is 0 Å². The summed E-state index contributed by atoms with van der Waals surface area (Å²) in [5.74, 6) is -1.67. The fourth-order valence-electron chi connectivity index (χ4n) is 2.80. The average Bonchev–Trinajstić information content (AvgIpc) is 2.79. The lowest BCUT2D eigenvalue weighted by atomic mass is 9.90. The molecule has 114 valence electrons. The summed E-state index contributed by atoms with van der Waals surface area (Å²) in [4.78, 5) is 35.4. The first-order chi connectivity index (χ1) is 9.82. The second-order valence-corrected chi connectivity index (χ2v) is 5.35. The molecule has 0 aliphatic carbocycles. The van der Waals surface area contributed by atoms with E-state index in [-0.39, 0.29) is 17.3 Å². The van der Waals surface area contributed by atoms with E-state index >= 15 is 0 Å². The molecule has 1 fully saturated rings. The van der Waals surface area contributed by atoms with Crippen LogP contribution in [0.3, 0.4) is 0 Å². The first kappa shape index (κ1) is 15.0. The van der Waals surface area contributed by atoms with Gasteiger partial charge in [-0.05, 0) is 18.8 Å². The van der Waals surface area contributed by atoms with Gasteiger partial charge in [0, 0.05) is 19.7 Å². The molecule has 8 nitrogen and oxygen atoms in total. The summed E-state index contributed by atoms with van der Waals surface area (Å²) in [6.45, 7) is 2.14. The molecule has 1 amide bonds. The minimum atomic E-state index is -1.04. The van der Waals surface area contributed by atoms with Gasteiger partial charge in [-0.2, -0.15) is 0 Å². The van der Waals surface area contributed by atoms with Crippen LogP contribution in [0.1, 0.15) is 30.3 Å². The number of rotatable bonds is 3. The third-order valence-electron chi connectivity index (χ3n) is 3.87. The van der Waals surface area contributed by atoms with Crippen LogP contribution in [0.25, 0.3) is 0 Å².